The second kappa shape index (κ2) is 3.60. The minimum Gasteiger partial charge on any atom is -0.497 e. The third kappa shape index (κ3) is 1.89. The molecule has 0 heterocycles. The van der Waals surface area contributed by atoms with Gasteiger partial charge < -0.3 is 4.74 Å². The monoisotopic (exact) mass is 194 g/mol. The van der Waals surface area contributed by atoms with E-state index in [1.54, 1.807) is 7.11 Å². The van der Waals surface area contributed by atoms with E-state index in [1.165, 1.54) is 0 Å². The highest BCUT2D eigenvalue weighted by Crippen LogP contribution is 2.38. The number of alkyl halides is 1. The van der Waals surface area contributed by atoms with Crippen molar-refractivity contribution < 1.29 is 9.13 Å². The Morgan fingerprint density at radius 2 is 2.21 bits per heavy atom. The first-order valence-electron chi connectivity index (χ1n) is 5.04. The lowest BCUT2D eigenvalue weighted by Gasteiger charge is -2.33. The largest absolute Gasteiger partial charge is 0.497 e. The molecule has 0 aromatic heterocycles. The van der Waals surface area contributed by atoms with Crippen molar-refractivity contribution in [2.24, 2.45) is 0 Å². The van der Waals surface area contributed by atoms with Gasteiger partial charge in [-0.1, -0.05) is 12.1 Å². The van der Waals surface area contributed by atoms with Gasteiger partial charge in [0, 0.05) is 6.42 Å². The minimum atomic E-state index is -0.938. The summed E-state index contributed by atoms with van der Waals surface area (Å²) >= 11 is 0. The smallest absolute Gasteiger partial charge is 0.119 e. The highest BCUT2D eigenvalue weighted by molar-refractivity contribution is 5.29. The molecule has 2 heteroatoms. The summed E-state index contributed by atoms with van der Waals surface area (Å²) in [6, 6.07) is 7.67. The molecule has 1 fully saturated rings. The normalized spacial score (nSPS) is 18.7. The zero-order chi connectivity index (χ0) is 10.0. The first-order valence-corrected chi connectivity index (χ1v) is 5.04. The topological polar surface area (TPSA) is 9.23 Å². The average molecular weight is 194 g/mol. The molecule has 0 amide bonds. The molecule has 1 aliphatic rings. The lowest BCUT2D eigenvalue weighted by molar-refractivity contribution is 0.0641. The Kier molecular flexibility index (Phi) is 2.44. The Bertz CT molecular complexity index is 318. The van der Waals surface area contributed by atoms with Crippen LogP contribution in [0.3, 0.4) is 0 Å². The number of hydrogen-bond acceptors (Lipinski definition) is 1. The third-order valence-electron chi connectivity index (χ3n) is 2.90. The summed E-state index contributed by atoms with van der Waals surface area (Å²) in [5.74, 6) is 0.811. The van der Waals surface area contributed by atoms with Gasteiger partial charge >= 0.3 is 0 Å². The van der Waals surface area contributed by atoms with E-state index in [-0.39, 0.29) is 0 Å². The molecule has 1 nitrogen and oxygen atoms in total. The summed E-state index contributed by atoms with van der Waals surface area (Å²) < 4.78 is 18.9. The minimum absolute atomic E-state index is 0.532. The second-order valence-corrected chi connectivity index (χ2v) is 4.03. The summed E-state index contributed by atoms with van der Waals surface area (Å²) in [6.45, 7) is 0. The number of ether oxygens (including phenoxy) is 1. The van der Waals surface area contributed by atoms with E-state index < -0.39 is 5.67 Å². The van der Waals surface area contributed by atoms with Gasteiger partial charge in [0.2, 0.25) is 0 Å². The van der Waals surface area contributed by atoms with Gasteiger partial charge in [-0.2, -0.15) is 0 Å². The fourth-order valence-electron chi connectivity index (χ4n) is 1.89. The van der Waals surface area contributed by atoms with Crippen molar-refractivity contribution in [3.8, 4) is 5.75 Å². The molecule has 1 aliphatic carbocycles. The van der Waals surface area contributed by atoms with Gasteiger partial charge in [0.1, 0.15) is 11.4 Å². The van der Waals surface area contributed by atoms with Gasteiger partial charge in [0.25, 0.3) is 0 Å². The molecule has 76 valence electrons. The van der Waals surface area contributed by atoms with Gasteiger partial charge in [-0.3, -0.25) is 0 Å². The molecule has 0 bridgehead atoms. The molecule has 0 spiro atoms. The molecular formula is C12H15FO. The molecule has 1 aromatic carbocycles. The van der Waals surface area contributed by atoms with Crippen LogP contribution in [0.15, 0.2) is 24.3 Å². The molecule has 0 radical (unpaired) electrons. The van der Waals surface area contributed by atoms with E-state index in [0.717, 1.165) is 17.7 Å². The molecule has 1 saturated carbocycles. The van der Waals surface area contributed by atoms with Crippen molar-refractivity contribution >= 4 is 0 Å². The Morgan fingerprint density at radius 1 is 1.43 bits per heavy atom. The second-order valence-electron chi connectivity index (χ2n) is 4.03. The fourth-order valence-corrected chi connectivity index (χ4v) is 1.89. The van der Waals surface area contributed by atoms with Crippen molar-refractivity contribution in [2.75, 3.05) is 7.11 Å². The maximum atomic E-state index is 13.8. The molecule has 14 heavy (non-hydrogen) atoms. The molecule has 1 aromatic rings. The summed E-state index contributed by atoms with van der Waals surface area (Å²) in [4.78, 5) is 0. The Labute approximate surface area is 83.9 Å². The number of halogens is 1. The SMILES string of the molecule is COc1cccc(CC2(F)CCC2)c1. The highest BCUT2D eigenvalue weighted by atomic mass is 19.1. The van der Waals surface area contributed by atoms with Crippen LogP contribution in [0, 0.1) is 0 Å². The molecule has 0 atom stereocenters. The molecule has 0 saturated heterocycles. The van der Waals surface area contributed by atoms with Crippen LogP contribution >= 0.6 is 0 Å². The Balaban J connectivity index is 2.08. The first-order chi connectivity index (χ1) is 6.72. The van der Waals surface area contributed by atoms with Crippen molar-refractivity contribution in [2.45, 2.75) is 31.4 Å². The van der Waals surface area contributed by atoms with E-state index in [2.05, 4.69) is 0 Å². The van der Waals surface area contributed by atoms with Crippen LogP contribution in [0.5, 0.6) is 5.75 Å². The quantitative estimate of drug-likeness (QED) is 0.718. The van der Waals surface area contributed by atoms with E-state index in [0.29, 0.717) is 19.3 Å². The zero-order valence-electron chi connectivity index (χ0n) is 8.42. The highest BCUT2D eigenvalue weighted by Gasteiger charge is 2.36. The van der Waals surface area contributed by atoms with Gasteiger partial charge in [-0.05, 0) is 37.0 Å². The van der Waals surface area contributed by atoms with E-state index in [4.69, 9.17) is 4.74 Å². The third-order valence-corrected chi connectivity index (χ3v) is 2.90. The number of hydrogen-bond donors (Lipinski definition) is 0. The van der Waals surface area contributed by atoms with Crippen molar-refractivity contribution in [1.29, 1.82) is 0 Å². The average Bonchev–Trinajstić information content (AvgIpc) is 2.16. The molecule has 0 N–H and O–H groups in total. The van der Waals surface area contributed by atoms with Crippen molar-refractivity contribution in [3.05, 3.63) is 29.8 Å². The standard InChI is InChI=1S/C12H15FO/c1-14-11-5-2-4-10(8-11)9-12(13)6-3-7-12/h2,4-5,8H,3,6-7,9H2,1H3. The zero-order valence-corrected chi connectivity index (χ0v) is 8.42. The summed E-state index contributed by atoms with van der Waals surface area (Å²) in [5.41, 5.74) is 0.0957. The molecular weight excluding hydrogens is 179 g/mol. The van der Waals surface area contributed by atoms with Crippen molar-refractivity contribution in [1.82, 2.24) is 0 Å². The maximum Gasteiger partial charge on any atom is 0.119 e. The van der Waals surface area contributed by atoms with Crippen LogP contribution in [0.4, 0.5) is 4.39 Å². The summed E-state index contributed by atoms with van der Waals surface area (Å²) in [5, 5.41) is 0. The van der Waals surface area contributed by atoms with Crippen LogP contribution in [0.1, 0.15) is 24.8 Å². The maximum absolute atomic E-state index is 13.8. The van der Waals surface area contributed by atoms with Crippen molar-refractivity contribution in [3.63, 3.8) is 0 Å². The van der Waals surface area contributed by atoms with E-state index >= 15 is 0 Å². The number of rotatable bonds is 3. The van der Waals surface area contributed by atoms with E-state index in [9.17, 15) is 4.39 Å². The van der Waals surface area contributed by atoms with Gasteiger partial charge in [-0.15, -0.1) is 0 Å². The molecule has 0 unspecified atom stereocenters. The van der Waals surface area contributed by atoms with Crippen LogP contribution < -0.4 is 4.74 Å². The fraction of sp³-hybridized carbons (Fsp3) is 0.500. The lowest BCUT2D eigenvalue weighted by Crippen LogP contribution is -2.33. The summed E-state index contributed by atoms with van der Waals surface area (Å²) in [7, 11) is 1.63. The van der Waals surface area contributed by atoms with Gasteiger partial charge in [0.15, 0.2) is 0 Å². The lowest BCUT2D eigenvalue weighted by atomic mass is 9.78. The Hall–Kier alpha value is -1.05. The molecule has 2 rings (SSSR count). The van der Waals surface area contributed by atoms with E-state index in [1.807, 2.05) is 24.3 Å². The predicted molar refractivity (Wildman–Crippen MR) is 54.4 cm³/mol. The predicted octanol–water partition coefficient (Wildman–Crippen LogP) is 3.13. The van der Waals surface area contributed by atoms with Crippen LogP contribution in [-0.2, 0) is 6.42 Å². The Morgan fingerprint density at radius 3 is 2.79 bits per heavy atom. The first kappa shape index (κ1) is 9.50. The molecule has 0 aliphatic heterocycles. The van der Waals surface area contributed by atoms with Gasteiger partial charge in [-0.25, -0.2) is 4.39 Å². The van der Waals surface area contributed by atoms with Crippen LogP contribution in [0.25, 0.3) is 0 Å². The van der Waals surface area contributed by atoms with Crippen LogP contribution in [-0.4, -0.2) is 12.8 Å². The van der Waals surface area contributed by atoms with Crippen LogP contribution in [0.2, 0.25) is 0 Å². The number of benzene rings is 1. The summed E-state index contributed by atoms with van der Waals surface area (Å²) in [6.07, 6.45) is 2.99. The number of methoxy groups -OCH3 is 1. The van der Waals surface area contributed by atoms with Gasteiger partial charge in [0.05, 0.1) is 7.11 Å².